The molecule has 9 nitrogen and oxygen atoms in total. The highest BCUT2D eigenvalue weighted by Crippen LogP contribution is 2.54. The zero-order valence-corrected chi connectivity index (χ0v) is 26.5. The van der Waals surface area contributed by atoms with Crippen LogP contribution >= 0.6 is 23.1 Å². The van der Waals surface area contributed by atoms with E-state index in [9.17, 15) is 23.6 Å². The average Bonchev–Trinajstić information content (AvgIpc) is 3.49. The lowest BCUT2D eigenvalue weighted by atomic mass is 9.83. The number of thioether (sulfide) groups is 1. The Labute approximate surface area is 267 Å². The number of anilines is 3. The monoisotopic (exact) mass is 646 g/mol. The van der Waals surface area contributed by atoms with E-state index in [-0.39, 0.29) is 17.1 Å². The molecule has 3 amide bonds. The standard InChI is InChI=1S/C33H31FN4O5S2/c1-4-36(5-2)22-12-6-19(7-13-22)26-27-28(31(41)38(30(27)40)23-14-8-20(34)9-15-23)44-32-29(26)45-33(42)37(32)18-25(39)35-21-10-16-24(43-3)17-11-21/h6-17,26-28H,4-5,18H2,1-3H3,(H,35,39). The minimum absolute atomic E-state index is 0.265. The molecule has 232 valence electrons. The van der Waals surface area contributed by atoms with Crippen LogP contribution in [0.2, 0.25) is 0 Å². The summed E-state index contributed by atoms with van der Waals surface area (Å²) >= 11 is 2.13. The van der Waals surface area contributed by atoms with Crippen LogP contribution in [0.3, 0.4) is 0 Å². The van der Waals surface area contributed by atoms with Crippen LogP contribution in [0.25, 0.3) is 0 Å². The number of fused-ring (bicyclic) bond motifs is 2. The van der Waals surface area contributed by atoms with Crippen molar-refractivity contribution in [2.45, 2.75) is 36.6 Å². The van der Waals surface area contributed by atoms with E-state index in [1.54, 1.807) is 31.4 Å². The molecule has 12 heteroatoms. The average molecular weight is 647 g/mol. The van der Waals surface area contributed by atoms with Gasteiger partial charge >= 0.3 is 4.87 Å². The van der Waals surface area contributed by atoms with Gasteiger partial charge in [0.1, 0.15) is 23.4 Å². The van der Waals surface area contributed by atoms with E-state index in [4.69, 9.17) is 4.74 Å². The molecule has 1 N–H and O–H groups in total. The molecule has 3 atom stereocenters. The molecule has 6 rings (SSSR count). The third-order valence-electron chi connectivity index (χ3n) is 8.19. The molecule has 3 aromatic carbocycles. The number of methoxy groups -OCH3 is 1. The van der Waals surface area contributed by atoms with Gasteiger partial charge in [-0.1, -0.05) is 35.2 Å². The van der Waals surface area contributed by atoms with Crippen molar-refractivity contribution in [1.82, 2.24) is 4.57 Å². The first-order valence-electron chi connectivity index (χ1n) is 14.6. The van der Waals surface area contributed by atoms with Crippen molar-refractivity contribution in [3.05, 3.63) is 98.7 Å². The van der Waals surface area contributed by atoms with Gasteiger partial charge in [0, 0.05) is 35.3 Å². The molecular formula is C33H31FN4O5S2. The van der Waals surface area contributed by atoms with E-state index in [1.807, 2.05) is 24.3 Å². The van der Waals surface area contributed by atoms with Gasteiger partial charge in [0.25, 0.3) is 0 Å². The SMILES string of the molecule is CCN(CC)c1ccc(C2c3sc(=O)n(CC(=O)Nc4ccc(OC)cc4)c3SC3C(=O)N(c4ccc(F)cc4)C(=O)C32)cc1. The van der Waals surface area contributed by atoms with Crippen LogP contribution in [0.15, 0.2) is 82.6 Å². The third-order valence-corrected chi connectivity index (χ3v) is 10.8. The van der Waals surface area contributed by atoms with Crippen LogP contribution in [-0.4, -0.2) is 47.7 Å². The molecule has 0 spiro atoms. The molecule has 1 fully saturated rings. The summed E-state index contributed by atoms with van der Waals surface area (Å²) < 4.78 is 20.3. The molecule has 0 saturated carbocycles. The molecule has 4 aromatic rings. The van der Waals surface area contributed by atoms with Crippen LogP contribution < -0.4 is 24.7 Å². The fourth-order valence-corrected chi connectivity index (χ4v) is 8.73. The zero-order valence-electron chi connectivity index (χ0n) is 24.9. The van der Waals surface area contributed by atoms with E-state index in [0.29, 0.717) is 21.3 Å². The lowest BCUT2D eigenvalue weighted by Crippen LogP contribution is -2.33. The van der Waals surface area contributed by atoms with Gasteiger partial charge in [0.15, 0.2) is 0 Å². The molecule has 3 heterocycles. The molecular weight excluding hydrogens is 616 g/mol. The first-order valence-corrected chi connectivity index (χ1v) is 16.3. The van der Waals surface area contributed by atoms with Gasteiger partial charge in [-0.3, -0.25) is 23.7 Å². The lowest BCUT2D eigenvalue weighted by molar-refractivity contribution is -0.122. The highest BCUT2D eigenvalue weighted by molar-refractivity contribution is 8.00. The predicted octanol–water partition coefficient (Wildman–Crippen LogP) is 5.34. The van der Waals surface area contributed by atoms with E-state index in [2.05, 4.69) is 24.1 Å². The first-order chi connectivity index (χ1) is 21.7. The smallest absolute Gasteiger partial charge is 0.308 e. The second-order valence-electron chi connectivity index (χ2n) is 10.7. The number of imide groups is 1. The van der Waals surface area contributed by atoms with Crippen molar-refractivity contribution < 1.29 is 23.5 Å². The number of carbonyl (C=O) groups is 3. The summed E-state index contributed by atoms with van der Waals surface area (Å²) in [4.78, 5) is 58.1. The number of hydrogen-bond acceptors (Lipinski definition) is 8. The second kappa shape index (κ2) is 12.5. The number of hydrogen-bond donors (Lipinski definition) is 1. The number of nitrogens with one attached hydrogen (secondary N) is 1. The second-order valence-corrected chi connectivity index (χ2v) is 12.8. The maximum atomic E-state index is 14.1. The van der Waals surface area contributed by atoms with Crippen molar-refractivity contribution in [3.8, 4) is 5.75 Å². The Hall–Kier alpha value is -4.42. The fourth-order valence-electron chi connectivity index (χ4n) is 5.96. The van der Waals surface area contributed by atoms with E-state index < -0.39 is 40.6 Å². The summed E-state index contributed by atoms with van der Waals surface area (Å²) in [6, 6.07) is 19.9. The molecule has 45 heavy (non-hydrogen) atoms. The van der Waals surface area contributed by atoms with E-state index in [0.717, 1.165) is 52.3 Å². The molecule has 1 saturated heterocycles. The van der Waals surface area contributed by atoms with Gasteiger partial charge in [0.2, 0.25) is 17.7 Å². The Morgan fingerprint density at radius 3 is 2.22 bits per heavy atom. The van der Waals surface area contributed by atoms with Crippen LogP contribution in [0, 0.1) is 11.7 Å². The van der Waals surface area contributed by atoms with Gasteiger partial charge in [0.05, 0.1) is 23.7 Å². The molecule has 3 unspecified atom stereocenters. The summed E-state index contributed by atoms with van der Waals surface area (Å²) in [6.45, 7) is 5.54. The van der Waals surface area contributed by atoms with E-state index >= 15 is 0 Å². The molecule has 2 aliphatic rings. The predicted molar refractivity (Wildman–Crippen MR) is 174 cm³/mol. The van der Waals surface area contributed by atoms with Gasteiger partial charge in [-0.15, -0.1) is 0 Å². The van der Waals surface area contributed by atoms with Gasteiger partial charge in [-0.2, -0.15) is 0 Å². The molecule has 1 aromatic heterocycles. The van der Waals surface area contributed by atoms with Crippen molar-refractivity contribution in [2.75, 3.05) is 35.3 Å². The Morgan fingerprint density at radius 2 is 1.60 bits per heavy atom. The summed E-state index contributed by atoms with van der Waals surface area (Å²) in [5.74, 6) is -2.48. The minimum atomic E-state index is -0.840. The Kier molecular flexibility index (Phi) is 8.52. The minimum Gasteiger partial charge on any atom is -0.497 e. The number of rotatable bonds is 9. The van der Waals surface area contributed by atoms with Gasteiger partial charge in [-0.05, 0) is 80.1 Å². The number of aromatic nitrogens is 1. The van der Waals surface area contributed by atoms with Crippen LogP contribution in [0.4, 0.5) is 21.5 Å². The Balaban J connectivity index is 1.39. The molecule has 0 aliphatic carbocycles. The maximum absolute atomic E-state index is 14.1. The third kappa shape index (κ3) is 5.64. The van der Waals surface area contributed by atoms with Crippen LogP contribution in [-0.2, 0) is 20.9 Å². The molecule has 2 aliphatic heterocycles. The highest BCUT2D eigenvalue weighted by Gasteiger charge is 2.56. The number of carbonyl (C=O) groups excluding carboxylic acids is 3. The van der Waals surface area contributed by atoms with Gasteiger partial charge < -0.3 is 15.0 Å². The normalized spacial score (nSPS) is 18.8. The van der Waals surface area contributed by atoms with E-state index in [1.165, 1.54) is 28.8 Å². The van der Waals surface area contributed by atoms with Crippen LogP contribution in [0.1, 0.15) is 30.2 Å². The van der Waals surface area contributed by atoms with Crippen molar-refractivity contribution >= 4 is 57.9 Å². The molecule has 0 bridgehead atoms. The maximum Gasteiger partial charge on any atom is 0.308 e. The lowest BCUT2D eigenvalue weighted by Gasteiger charge is -2.31. The summed E-state index contributed by atoms with van der Waals surface area (Å²) in [6.07, 6.45) is 0. The fraction of sp³-hybridized carbons (Fsp3) is 0.273. The number of ether oxygens (including phenoxy) is 1. The number of amides is 3. The van der Waals surface area contributed by atoms with Gasteiger partial charge in [-0.25, -0.2) is 9.29 Å². The summed E-state index contributed by atoms with van der Waals surface area (Å²) in [7, 11) is 1.55. The first kappa shape index (κ1) is 30.6. The van der Waals surface area contributed by atoms with Crippen molar-refractivity contribution in [2.24, 2.45) is 5.92 Å². The summed E-state index contributed by atoms with van der Waals surface area (Å²) in [5, 5.41) is 2.46. The van der Waals surface area contributed by atoms with Crippen molar-refractivity contribution in [1.29, 1.82) is 0 Å². The quantitative estimate of drug-likeness (QED) is 0.245. The highest BCUT2D eigenvalue weighted by atomic mass is 32.2. The number of halogens is 1. The summed E-state index contributed by atoms with van der Waals surface area (Å²) in [5.41, 5.74) is 2.65. The topological polar surface area (TPSA) is 101 Å². The number of benzene rings is 3. The Morgan fingerprint density at radius 1 is 0.933 bits per heavy atom. The largest absolute Gasteiger partial charge is 0.497 e. The number of thiazole rings is 1. The zero-order chi connectivity index (χ0) is 31.8. The van der Waals surface area contributed by atoms with Crippen LogP contribution in [0.5, 0.6) is 5.75 Å². The Bertz CT molecular complexity index is 1800. The van der Waals surface area contributed by atoms with Crippen molar-refractivity contribution in [3.63, 3.8) is 0 Å². The number of nitrogens with zero attached hydrogens (tertiary/aromatic N) is 3. The molecule has 0 radical (unpaired) electrons.